The molecule has 2 rings (SSSR count). The zero-order valence-corrected chi connectivity index (χ0v) is 13.2. The lowest BCUT2D eigenvalue weighted by Crippen LogP contribution is -2.41. The number of para-hydroxylation sites is 1. The number of nitrogens with one attached hydrogen (secondary N) is 1. The predicted octanol–water partition coefficient (Wildman–Crippen LogP) is 3.59. The average molecular weight is 297 g/mol. The molecule has 0 spiro atoms. The van der Waals surface area contributed by atoms with Crippen molar-refractivity contribution >= 4 is 5.91 Å². The van der Waals surface area contributed by atoms with Gasteiger partial charge < -0.3 is 10.1 Å². The Morgan fingerprint density at radius 2 is 1.59 bits per heavy atom. The summed E-state index contributed by atoms with van der Waals surface area (Å²) >= 11 is 0. The van der Waals surface area contributed by atoms with Gasteiger partial charge in [-0.05, 0) is 44.4 Å². The van der Waals surface area contributed by atoms with Crippen molar-refractivity contribution in [3.05, 3.63) is 66.2 Å². The van der Waals surface area contributed by atoms with Gasteiger partial charge in [0.25, 0.3) is 5.91 Å². The molecule has 0 aromatic heterocycles. The highest BCUT2D eigenvalue weighted by atomic mass is 16.5. The number of hydrogen-bond acceptors (Lipinski definition) is 2. The second-order valence-electron chi connectivity index (χ2n) is 5.51. The fraction of sp³-hybridized carbons (Fsp3) is 0.316. The molecule has 2 atom stereocenters. The van der Waals surface area contributed by atoms with Crippen molar-refractivity contribution in [1.29, 1.82) is 0 Å². The molecule has 0 heterocycles. The van der Waals surface area contributed by atoms with E-state index in [-0.39, 0.29) is 11.9 Å². The Morgan fingerprint density at radius 3 is 2.23 bits per heavy atom. The lowest BCUT2D eigenvalue weighted by Gasteiger charge is -2.18. The molecule has 0 aliphatic heterocycles. The second kappa shape index (κ2) is 8.23. The summed E-state index contributed by atoms with van der Waals surface area (Å²) in [4.78, 5) is 12.1. The first-order valence-corrected chi connectivity index (χ1v) is 7.71. The summed E-state index contributed by atoms with van der Waals surface area (Å²) in [6.45, 7) is 3.79. The minimum Gasteiger partial charge on any atom is -0.481 e. The van der Waals surface area contributed by atoms with Crippen LogP contribution in [-0.2, 0) is 11.2 Å². The zero-order valence-electron chi connectivity index (χ0n) is 13.2. The van der Waals surface area contributed by atoms with Crippen molar-refractivity contribution < 1.29 is 9.53 Å². The molecule has 3 heteroatoms. The normalized spacial score (nSPS) is 13.2. The highest BCUT2D eigenvalue weighted by Gasteiger charge is 2.16. The van der Waals surface area contributed by atoms with E-state index in [1.165, 1.54) is 5.56 Å². The molecule has 3 nitrogen and oxygen atoms in total. The molecule has 0 radical (unpaired) electrons. The van der Waals surface area contributed by atoms with Gasteiger partial charge in [-0.25, -0.2) is 0 Å². The third kappa shape index (κ3) is 5.24. The first-order valence-electron chi connectivity index (χ1n) is 7.71. The Hall–Kier alpha value is -2.29. The van der Waals surface area contributed by atoms with Gasteiger partial charge >= 0.3 is 0 Å². The number of carbonyl (C=O) groups is 1. The Bertz CT molecular complexity index is 569. The van der Waals surface area contributed by atoms with Crippen LogP contribution in [0.3, 0.4) is 0 Å². The maximum absolute atomic E-state index is 12.1. The van der Waals surface area contributed by atoms with Crippen molar-refractivity contribution in [2.75, 3.05) is 0 Å². The molecule has 0 fully saturated rings. The Labute approximate surface area is 132 Å². The van der Waals surface area contributed by atoms with Gasteiger partial charge in [0.05, 0.1) is 0 Å². The van der Waals surface area contributed by atoms with Crippen LogP contribution in [0.5, 0.6) is 5.75 Å². The van der Waals surface area contributed by atoms with E-state index >= 15 is 0 Å². The Balaban J connectivity index is 1.75. The van der Waals surface area contributed by atoms with Gasteiger partial charge in [0.1, 0.15) is 5.75 Å². The monoisotopic (exact) mass is 297 g/mol. The standard InChI is InChI=1S/C19H23NO2/c1-15(13-14-17-9-5-3-6-10-17)20-19(21)16(2)22-18-11-7-4-8-12-18/h3-12,15-16H,13-14H2,1-2H3,(H,20,21). The summed E-state index contributed by atoms with van der Waals surface area (Å²) in [6.07, 6.45) is 1.37. The van der Waals surface area contributed by atoms with E-state index in [2.05, 4.69) is 17.4 Å². The maximum atomic E-state index is 12.1. The third-order valence-corrected chi connectivity index (χ3v) is 3.52. The van der Waals surface area contributed by atoms with E-state index in [1.54, 1.807) is 6.92 Å². The van der Waals surface area contributed by atoms with E-state index in [9.17, 15) is 4.79 Å². The van der Waals surface area contributed by atoms with Crippen LogP contribution in [0, 0.1) is 0 Å². The molecule has 2 aromatic rings. The van der Waals surface area contributed by atoms with Gasteiger partial charge in [-0.3, -0.25) is 4.79 Å². The highest BCUT2D eigenvalue weighted by Crippen LogP contribution is 2.11. The largest absolute Gasteiger partial charge is 0.481 e. The maximum Gasteiger partial charge on any atom is 0.260 e. The first-order chi connectivity index (χ1) is 10.6. The van der Waals surface area contributed by atoms with Crippen molar-refractivity contribution in [2.24, 2.45) is 0 Å². The number of hydrogen-bond donors (Lipinski definition) is 1. The molecule has 0 saturated heterocycles. The number of amides is 1. The molecule has 1 N–H and O–H groups in total. The summed E-state index contributed by atoms with van der Waals surface area (Å²) in [7, 11) is 0. The summed E-state index contributed by atoms with van der Waals surface area (Å²) in [5.74, 6) is 0.631. The molecule has 0 aliphatic rings. The van der Waals surface area contributed by atoms with Gasteiger partial charge in [-0.1, -0.05) is 48.5 Å². The fourth-order valence-corrected chi connectivity index (χ4v) is 2.22. The summed E-state index contributed by atoms with van der Waals surface area (Å²) in [5.41, 5.74) is 1.29. The molecule has 116 valence electrons. The lowest BCUT2D eigenvalue weighted by molar-refractivity contribution is -0.127. The van der Waals surface area contributed by atoms with Crippen molar-refractivity contribution in [1.82, 2.24) is 5.32 Å². The van der Waals surface area contributed by atoms with E-state index in [0.717, 1.165) is 12.8 Å². The zero-order chi connectivity index (χ0) is 15.8. The molecule has 2 unspecified atom stereocenters. The molecule has 0 aliphatic carbocycles. The van der Waals surface area contributed by atoms with E-state index in [0.29, 0.717) is 5.75 Å². The molecule has 0 saturated carbocycles. The lowest BCUT2D eigenvalue weighted by atomic mass is 10.1. The van der Waals surface area contributed by atoms with E-state index in [1.807, 2.05) is 55.5 Å². The number of benzene rings is 2. The number of rotatable bonds is 7. The number of ether oxygens (including phenoxy) is 1. The topological polar surface area (TPSA) is 38.3 Å². The van der Waals surface area contributed by atoms with E-state index in [4.69, 9.17) is 4.74 Å². The van der Waals surface area contributed by atoms with Gasteiger partial charge in [0.2, 0.25) is 0 Å². The van der Waals surface area contributed by atoms with Gasteiger partial charge in [-0.2, -0.15) is 0 Å². The minimum absolute atomic E-state index is 0.0792. The first kappa shape index (κ1) is 16.1. The molecular formula is C19H23NO2. The molecule has 2 aromatic carbocycles. The fourth-order valence-electron chi connectivity index (χ4n) is 2.22. The molecular weight excluding hydrogens is 274 g/mol. The van der Waals surface area contributed by atoms with Crippen LogP contribution in [-0.4, -0.2) is 18.1 Å². The average Bonchev–Trinajstić information content (AvgIpc) is 2.55. The van der Waals surface area contributed by atoms with Crippen LogP contribution in [0.4, 0.5) is 0 Å². The van der Waals surface area contributed by atoms with E-state index < -0.39 is 6.10 Å². The quantitative estimate of drug-likeness (QED) is 0.848. The van der Waals surface area contributed by atoms with Crippen LogP contribution in [0.25, 0.3) is 0 Å². The minimum atomic E-state index is -0.499. The Kier molecular flexibility index (Phi) is 6.01. The molecule has 22 heavy (non-hydrogen) atoms. The summed E-state index contributed by atoms with van der Waals surface area (Å²) in [5, 5.41) is 3.01. The molecule has 1 amide bonds. The van der Waals surface area contributed by atoms with Crippen LogP contribution >= 0.6 is 0 Å². The van der Waals surface area contributed by atoms with Crippen LogP contribution in [0.2, 0.25) is 0 Å². The Morgan fingerprint density at radius 1 is 1.00 bits per heavy atom. The number of carbonyl (C=O) groups excluding carboxylic acids is 1. The van der Waals surface area contributed by atoms with Gasteiger partial charge in [-0.15, -0.1) is 0 Å². The van der Waals surface area contributed by atoms with Crippen molar-refractivity contribution in [3.8, 4) is 5.75 Å². The summed E-state index contributed by atoms with van der Waals surface area (Å²) < 4.78 is 5.63. The second-order valence-corrected chi connectivity index (χ2v) is 5.51. The van der Waals surface area contributed by atoms with Gasteiger partial charge in [0.15, 0.2) is 6.10 Å². The molecule has 0 bridgehead atoms. The third-order valence-electron chi connectivity index (χ3n) is 3.52. The SMILES string of the molecule is CC(CCc1ccccc1)NC(=O)C(C)Oc1ccccc1. The predicted molar refractivity (Wildman–Crippen MR) is 88.9 cm³/mol. The number of aryl methyl sites for hydroxylation is 1. The van der Waals surface area contributed by atoms with Crippen molar-refractivity contribution in [3.63, 3.8) is 0 Å². The van der Waals surface area contributed by atoms with Crippen LogP contribution < -0.4 is 10.1 Å². The van der Waals surface area contributed by atoms with Crippen LogP contribution in [0.15, 0.2) is 60.7 Å². The highest BCUT2D eigenvalue weighted by molar-refractivity contribution is 5.80. The summed E-state index contributed by atoms with van der Waals surface area (Å²) in [6, 6.07) is 19.8. The smallest absolute Gasteiger partial charge is 0.260 e. The van der Waals surface area contributed by atoms with Gasteiger partial charge in [0, 0.05) is 6.04 Å². The van der Waals surface area contributed by atoms with Crippen molar-refractivity contribution in [2.45, 2.75) is 38.8 Å². The van der Waals surface area contributed by atoms with Crippen LogP contribution in [0.1, 0.15) is 25.8 Å².